The van der Waals surface area contributed by atoms with Crippen molar-refractivity contribution < 1.29 is 13.5 Å². The van der Waals surface area contributed by atoms with Crippen molar-refractivity contribution in [1.29, 1.82) is 0 Å². The molecule has 0 aromatic heterocycles. The first-order valence-electron chi connectivity index (χ1n) is 3.20. The molecular weight excluding hydrogens is 150 g/mol. The Morgan fingerprint density at radius 3 is 2.64 bits per heavy atom. The molecule has 0 N–H and O–H groups in total. The van der Waals surface area contributed by atoms with Crippen LogP contribution in [-0.4, -0.2) is 6.61 Å². The van der Waals surface area contributed by atoms with Gasteiger partial charge in [-0.05, 0) is 24.6 Å². The monoisotopic (exact) mass is 158 g/mol. The van der Waals surface area contributed by atoms with Crippen LogP contribution in [0.15, 0.2) is 24.3 Å². The number of benzene rings is 1. The molecule has 1 aromatic rings. The third-order valence-electron chi connectivity index (χ3n) is 1.21. The van der Waals surface area contributed by atoms with Crippen molar-refractivity contribution in [3.63, 3.8) is 0 Å². The first-order chi connectivity index (χ1) is 5.18. The van der Waals surface area contributed by atoms with Gasteiger partial charge in [0, 0.05) is 0 Å². The molecule has 0 fully saturated rings. The summed E-state index contributed by atoms with van der Waals surface area (Å²) in [6, 6.07) is 6.55. The summed E-state index contributed by atoms with van der Waals surface area (Å²) < 4.78 is 27.4. The summed E-state index contributed by atoms with van der Waals surface area (Å²) in [5.74, 6) is 0.208. The van der Waals surface area contributed by atoms with Gasteiger partial charge in [-0.3, -0.25) is 0 Å². The van der Waals surface area contributed by atoms with E-state index in [0.29, 0.717) is 0 Å². The van der Waals surface area contributed by atoms with E-state index in [2.05, 4.69) is 4.74 Å². The number of rotatable bonds is 2. The van der Waals surface area contributed by atoms with Gasteiger partial charge in [0.2, 0.25) is 0 Å². The zero-order chi connectivity index (χ0) is 8.27. The fraction of sp³-hybridized carbons (Fsp3) is 0.250. The van der Waals surface area contributed by atoms with Crippen LogP contribution >= 0.6 is 0 Å². The quantitative estimate of drug-likeness (QED) is 0.642. The Morgan fingerprint density at radius 2 is 2.09 bits per heavy atom. The average Bonchev–Trinajstić information content (AvgIpc) is 1.85. The van der Waals surface area contributed by atoms with E-state index in [4.69, 9.17) is 0 Å². The molecule has 0 aliphatic heterocycles. The number of halogens is 2. The molecule has 1 nitrogen and oxygen atoms in total. The maximum atomic E-state index is 11.6. The molecule has 0 atom stereocenters. The van der Waals surface area contributed by atoms with Crippen molar-refractivity contribution in [2.24, 2.45) is 0 Å². The summed E-state index contributed by atoms with van der Waals surface area (Å²) in [6.45, 7) is -0.921. The summed E-state index contributed by atoms with van der Waals surface area (Å²) in [5.41, 5.74) is 0.906. The maximum absolute atomic E-state index is 11.6. The van der Waals surface area contributed by atoms with Gasteiger partial charge >= 0.3 is 6.61 Å². The Bertz CT molecular complexity index is 235. The lowest BCUT2D eigenvalue weighted by Crippen LogP contribution is -2.01. The molecule has 1 rings (SSSR count). The first-order valence-corrected chi connectivity index (χ1v) is 3.20. The van der Waals surface area contributed by atoms with Crippen LogP contribution < -0.4 is 4.74 Å². The van der Waals surface area contributed by atoms with Crippen molar-refractivity contribution in [3.8, 4) is 5.75 Å². The van der Waals surface area contributed by atoms with Crippen LogP contribution in [0.5, 0.6) is 5.75 Å². The highest BCUT2D eigenvalue weighted by Gasteiger charge is 2.02. The SMILES string of the molecule is Cc1cccc(OC(F)F)c1. The van der Waals surface area contributed by atoms with Crippen molar-refractivity contribution in [3.05, 3.63) is 29.8 Å². The van der Waals surface area contributed by atoms with E-state index >= 15 is 0 Å². The van der Waals surface area contributed by atoms with Crippen molar-refractivity contribution in [1.82, 2.24) is 0 Å². The summed E-state index contributed by atoms with van der Waals surface area (Å²) in [5, 5.41) is 0. The molecule has 60 valence electrons. The minimum absolute atomic E-state index is 0.208. The highest BCUT2D eigenvalue weighted by atomic mass is 19.3. The lowest BCUT2D eigenvalue weighted by Gasteiger charge is -2.03. The van der Waals surface area contributed by atoms with Gasteiger partial charge in [0.15, 0.2) is 0 Å². The molecule has 0 unspecified atom stereocenters. The highest BCUT2D eigenvalue weighted by Crippen LogP contribution is 2.14. The molecule has 0 radical (unpaired) electrons. The van der Waals surface area contributed by atoms with E-state index in [1.165, 1.54) is 6.07 Å². The lowest BCUT2D eigenvalue weighted by atomic mass is 10.2. The Balaban J connectivity index is 2.71. The van der Waals surface area contributed by atoms with Crippen LogP contribution in [0.1, 0.15) is 5.56 Å². The second-order valence-corrected chi connectivity index (χ2v) is 2.20. The lowest BCUT2D eigenvalue weighted by molar-refractivity contribution is -0.0498. The fourth-order valence-corrected chi connectivity index (χ4v) is 0.792. The Labute approximate surface area is 63.6 Å². The van der Waals surface area contributed by atoms with E-state index in [-0.39, 0.29) is 5.75 Å². The summed E-state index contributed by atoms with van der Waals surface area (Å²) in [7, 11) is 0. The summed E-state index contributed by atoms with van der Waals surface area (Å²) in [6.07, 6.45) is 0. The highest BCUT2D eigenvalue weighted by molar-refractivity contribution is 5.27. The van der Waals surface area contributed by atoms with E-state index in [0.717, 1.165) is 5.56 Å². The minimum atomic E-state index is -2.74. The minimum Gasteiger partial charge on any atom is -0.435 e. The van der Waals surface area contributed by atoms with Crippen LogP contribution in [0.4, 0.5) is 8.78 Å². The number of hydrogen-bond donors (Lipinski definition) is 0. The molecule has 0 spiro atoms. The van der Waals surface area contributed by atoms with E-state index in [1.54, 1.807) is 12.1 Å². The van der Waals surface area contributed by atoms with Crippen LogP contribution in [0.3, 0.4) is 0 Å². The molecule has 0 amide bonds. The normalized spacial score (nSPS) is 10.2. The van der Waals surface area contributed by atoms with Crippen LogP contribution in [0, 0.1) is 6.92 Å². The molecule has 11 heavy (non-hydrogen) atoms. The van der Waals surface area contributed by atoms with Gasteiger partial charge in [-0.1, -0.05) is 12.1 Å². The third kappa shape index (κ3) is 2.53. The third-order valence-corrected chi connectivity index (χ3v) is 1.21. The topological polar surface area (TPSA) is 9.23 Å². The number of aryl methyl sites for hydroxylation is 1. The molecule has 0 aliphatic rings. The number of ether oxygens (including phenoxy) is 1. The van der Waals surface area contributed by atoms with E-state index in [9.17, 15) is 8.78 Å². The first kappa shape index (κ1) is 7.98. The molecule has 0 saturated heterocycles. The summed E-state index contributed by atoms with van der Waals surface area (Å²) in [4.78, 5) is 0. The van der Waals surface area contributed by atoms with Gasteiger partial charge in [0.25, 0.3) is 0 Å². The van der Waals surface area contributed by atoms with Gasteiger partial charge < -0.3 is 4.74 Å². The van der Waals surface area contributed by atoms with Gasteiger partial charge in [0.05, 0.1) is 0 Å². The molecular formula is C8H8F2O. The Morgan fingerprint density at radius 1 is 1.36 bits per heavy atom. The molecule has 0 bridgehead atoms. The molecule has 0 heterocycles. The zero-order valence-electron chi connectivity index (χ0n) is 6.05. The zero-order valence-corrected chi connectivity index (χ0v) is 6.05. The number of hydrogen-bond acceptors (Lipinski definition) is 1. The smallest absolute Gasteiger partial charge is 0.387 e. The molecule has 0 aliphatic carbocycles. The van der Waals surface area contributed by atoms with E-state index < -0.39 is 6.61 Å². The second kappa shape index (κ2) is 3.32. The summed E-state index contributed by atoms with van der Waals surface area (Å²) >= 11 is 0. The molecule has 1 aromatic carbocycles. The fourth-order valence-electron chi connectivity index (χ4n) is 0.792. The van der Waals surface area contributed by atoms with Crippen LogP contribution in [0.2, 0.25) is 0 Å². The Hall–Kier alpha value is -1.12. The second-order valence-electron chi connectivity index (χ2n) is 2.20. The van der Waals surface area contributed by atoms with Crippen molar-refractivity contribution >= 4 is 0 Å². The van der Waals surface area contributed by atoms with Gasteiger partial charge in [-0.25, -0.2) is 0 Å². The standard InChI is InChI=1S/C8H8F2O/c1-6-3-2-4-7(5-6)11-8(9)10/h2-5,8H,1H3. The maximum Gasteiger partial charge on any atom is 0.387 e. The average molecular weight is 158 g/mol. The number of alkyl halides is 2. The molecule has 0 saturated carbocycles. The van der Waals surface area contributed by atoms with Gasteiger partial charge in [-0.15, -0.1) is 0 Å². The van der Waals surface area contributed by atoms with Crippen molar-refractivity contribution in [2.45, 2.75) is 13.5 Å². The predicted octanol–water partition coefficient (Wildman–Crippen LogP) is 2.60. The Kier molecular flexibility index (Phi) is 2.41. The van der Waals surface area contributed by atoms with Crippen molar-refractivity contribution in [2.75, 3.05) is 0 Å². The van der Waals surface area contributed by atoms with Crippen LogP contribution in [0.25, 0.3) is 0 Å². The van der Waals surface area contributed by atoms with Crippen LogP contribution in [-0.2, 0) is 0 Å². The van der Waals surface area contributed by atoms with Gasteiger partial charge in [-0.2, -0.15) is 8.78 Å². The molecule has 3 heteroatoms. The predicted molar refractivity (Wildman–Crippen MR) is 37.8 cm³/mol. The van der Waals surface area contributed by atoms with Gasteiger partial charge in [0.1, 0.15) is 5.75 Å². The van der Waals surface area contributed by atoms with E-state index in [1.807, 2.05) is 13.0 Å². The largest absolute Gasteiger partial charge is 0.435 e.